The molecular formula is C17H19FN2O4. The van der Waals surface area contributed by atoms with Gasteiger partial charge in [-0.15, -0.1) is 0 Å². The van der Waals surface area contributed by atoms with Gasteiger partial charge in [-0.05, 0) is 25.0 Å². The minimum absolute atomic E-state index is 0.0609. The summed E-state index contributed by atoms with van der Waals surface area (Å²) in [4.78, 5) is 38.7. The lowest BCUT2D eigenvalue weighted by atomic mass is 10.1. The molecule has 0 spiro atoms. The highest BCUT2D eigenvalue weighted by Gasteiger charge is 2.40. The average molecular weight is 334 g/mol. The number of rotatable bonds is 4. The van der Waals surface area contributed by atoms with Crippen molar-refractivity contribution in [3.8, 4) is 0 Å². The number of methoxy groups -OCH3 is 1. The van der Waals surface area contributed by atoms with E-state index in [-0.39, 0.29) is 42.2 Å². The van der Waals surface area contributed by atoms with Crippen LogP contribution in [0.1, 0.15) is 41.6 Å². The quantitative estimate of drug-likeness (QED) is 0.626. The molecule has 3 rings (SSSR count). The molecule has 1 saturated heterocycles. The Balaban J connectivity index is 1.74. The molecule has 1 aliphatic carbocycles. The third-order valence-corrected chi connectivity index (χ3v) is 4.65. The van der Waals surface area contributed by atoms with E-state index in [0.717, 1.165) is 36.6 Å². The lowest BCUT2D eigenvalue weighted by Gasteiger charge is -2.23. The Bertz CT molecular complexity index is 685. The topological polar surface area (TPSA) is 66.9 Å². The van der Waals surface area contributed by atoms with Gasteiger partial charge in [0.05, 0.1) is 19.2 Å². The first kappa shape index (κ1) is 16.4. The van der Waals surface area contributed by atoms with Gasteiger partial charge in [0.2, 0.25) is 0 Å². The van der Waals surface area contributed by atoms with E-state index in [0.29, 0.717) is 0 Å². The van der Waals surface area contributed by atoms with Crippen LogP contribution in [0.4, 0.5) is 9.18 Å². The normalized spacial score (nSPS) is 18.6. The number of amides is 3. The molecule has 7 heteroatoms. The summed E-state index contributed by atoms with van der Waals surface area (Å²) in [5.41, 5.74) is 0.281. The Labute approximate surface area is 139 Å². The second-order valence-corrected chi connectivity index (χ2v) is 6.13. The van der Waals surface area contributed by atoms with E-state index >= 15 is 0 Å². The molecule has 6 nitrogen and oxygen atoms in total. The largest absolute Gasteiger partial charge is 0.465 e. The van der Waals surface area contributed by atoms with E-state index in [1.165, 1.54) is 19.2 Å². The second-order valence-electron chi connectivity index (χ2n) is 6.13. The maximum atomic E-state index is 14.2. The van der Waals surface area contributed by atoms with Crippen molar-refractivity contribution < 1.29 is 23.5 Å². The Morgan fingerprint density at radius 3 is 2.62 bits per heavy atom. The van der Waals surface area contributed by atoms with Crippen LogP contribution in [-0.4, -0.2) is 47.4 Å². The van der Waals surface area contributed by atoms with Crippen molar-refractivity contribution in [2.45, 2.75) is 38.3 Å². The number of carbonyl (C=O) groups excluding carboxylic acids is 3. The SMILES string of the molecule is COC(=O)c1ccc(CN2C(=O)CN(C3CCCC3)C2=O)c(F)c1. The molecule has 128 valence electrons. The molecule has 1 aliphatic heterocycles. The summed E-state index contributed by atoms with van der Waals surface area (Å²) < 4.78 is 18.7. The number of hydrogen-bond acceptors (Lipinski definition) is 4. The molecule has 24 heavy (non-hydrogen) atoms. The van der Waals surface area contributed by atoms with Crippen LogP contribution < -0.4 is 0 Å². The van der Waals surface area contributed by atoms with Crippen molar-refractivity contribution in [1.82, 2.24) is 9.80 Å². The van der Waals surface area contributed by atoms with Crippen LogP contribution >= 0.6 is 0 Å². The summed E-state index contributed by atoms with van der Waals surface area (Å²) in [5, 5.41) is 0. The van der Waals surface area contributed by atoms with E-state index in [4.69, 9.17) is 0 Å². The van der Waals surface area contributed by atoms with Crippen LogP contribution in [0, 0.1) is 5.82 Å². The van der Waals surface area contributed by atoms with E-state index in [9.17, 15) is 18.8 Å². The van der Waals surface area contributed by atoms with Gasteiger partial charge in [0.25, 0.3) is 5.91 Å². The molecule has 1 aromatic rings. The second kappa shape index (κ2) is 6.59. The van der Waals surface area contributed by atoms with Crippen LogP contribution in [0.25, 0.3) is 0 Å². The molecular weight excluding hydrogens is 315 g/mol. The van der Waals surface area contributed by atoms with Gasteiger partial charge in [0.1, 0.15) is 12.4 Å². The number of halogens is 1. The van der Waals surface area contributed by atoms with Gasteiger partial charge in [-0.2, -0.15) is 0 Å². The highest BCUT2D eigenvalue weighted by atomic mass is 19.1. The number of benzene rings is 1. The maximum Gasteiger partial charge on any atom is 0.337 e. The molecule has 1 aromatic carbocycles. The molecule has 1 saturated carbocycles. The van der Waals surface area contributed by atoms with Crippen molar-refractivity contribution in [2.24, 2.45) is 0 Å². The Kier molecular flexibility index (Phi) is 4.51. The van der Waals surface area contributed by atoms with Crippen molar-refractivity contribution in [2.75, 3.05) is 13.7 Å². The molecule has 0 radical (unpaired) electrons. The molecule has 0 N–H and O–H groups in total. The molecule has 0 atom stereocenters. The van der Waals surface area contributed by atoms with E-state index in [1.54, 1.807) is 4.90 Å². The molecule has 2 fully saturated rings. The zero-order chi connectivity index (χ0) is 17.3. The average Bonchev–Trinajstić information content (AvgIpc) is 3.19. The van der Waals surface area contributed by atoms with Gasteiger partial charge in [-0.25, -0.2) is 14.0 Å². The van der Waals surface area contributed by atoms with Crippen LogP contribution in [0.3, 0.4) is 0 Å². The Hall–Kier alpha value is -2.44. The van der Waals surface area contributed by atoms with Gasteiger partial charge in [-0.3, -0.25) is 9.69 Å². The Morgan fingerprint density at radius 1 is 1.29 bits per heavy atom. The van der Waals surface area contributed by atoms with Crippen molar-refractivity contribution in [1.29, 1.82) is 0 Å². The summed E-state index contributed by atoms with van der Waals surface area (Å²) in [5.74, 6) is -1.60. The predicted octanol–water partition coefficient (Wildman–Crippen LogP) is 2.32. The van der Waals surface area contributed by atoms with E-state index < -0.39 is 11.8 Å². The summed E-state index contributed by atoms with van der Waals surface area (Å²) in [6, 6.07) is 3.63. The fourth-order valence-electron chi connectivity index (χ4n) is 3.31. The molecule has 0 aromatic heterocycles. The molecule has 3 amide bonds. The molecule has 0 unspecified atom stereocenters. The lowest BCUT2D eigenvalue weighted by molar-refractivity contribution is -0.125. The third kappa shape index (κ3) is 2.98. The predicted molar refractivity (Wildman–Crippen MR) is 82.6 cm³/mol. The minimum Gasteiger partial charge on any atom is -0.465 e. The van der Waals surface area contributed by atoms with Crippen LogP contribution in [0.5, 0.6) is 0 Å². The monoisotopic (exact) mass is 334 g/mol. The van der Waals surface area contributed by atoms with Gasteiger partial charge >= 0.3 is 12.0 Å². The molecule has 2 aliphatic rings. The highest BCUT2D eigenvalue weighted by Crippen LogP contribution is 2.28. The molecule has 0 bridgehead atoms. The van der Waals surface area contributed by atoms with Crippen molar-refractivity contribution >= 4 is 17.9 Å². The van der Waals surface area contributed by atoms with E-state index in [2.05, 4.69) is 4.74 Å². The number of carbonyl (C=O) groups is 3. The summed E-state index contributed by atoms with van der Waals surface area (Å²) in [6.45, 7) is -0.0699. The smallest absolute Gasteiger partial charge is 0.337 e. The zero-order valence-electron chi connectivity index (χ0n) is 13.5. The fourth-order valence-corrected chi connectivity index (χ4v) is 3.31. The number of ether oxygens (including phenoxy) is 1. The number of esters is 1. The number of hydrogen-bond donors (Lipinski definition) is 0. The summed E-state index contributed by atoms with van der Waals surface area (Å²) >= 11 is 0. The minimum atomic E-state index is -0.641. The van der Waals surface area contributed by atoms with Gasteiger partial charge in [-0.1, -0.05) is 18.9 Å². The van der Waals surface area contributed by atoms with Crippen molar-refractivity contribution in [3.05, 3.63) is 35.1 Å². The first-order valence-corrected chi connectivity index (χ1v) is 7.99. The van der Waals surface area contributed by atoms with Gasteiger partial charge < -0.3 is 9.64 Å². The zero-order valence-corrected chi connectivity index (χ0v) is 13.5. The summed E-state index contributed by atoms with van der Waals surface area (Å²) in [6.07, 6.45) is 3.95. The van der Waals surface area contributed by atoms with Crippen LogP contribution in [-0.2, 0) is 16.1 Å². The lowest BCUT2D eigenvalue weighted by Crippen LogP contribution is -2.37. The van der Waals surface area contributed by atoms with Crippen molar-refractivity contribution in [3.63, 3.8) is 0 Å². The number of urea groups is 1. The fraction of sp³-hybridized carbons (Fsp3) is 0.471. The molecule has 1 heterocycles. The first-order valence-electron chi connectivity index (χ1n) is 7.99. The van der Waals surface area contributed by atoms with Gasteiger partial charge in [0, 0.05) is 11.6 Å². The first-order chi connectivity index (χ1) is 11.5. The highest BCUT2D eigenvalue weighted by molar-refractivity contribution is 6.02. The van der Waals surface area contributed by atoms with Crippen LogP contribution in [0.2, 0.25) is 0 Å². The standard InChI is InChI=1S/C17H19FN2O4/c1-24-16(22)11-6-7-12(14(18)8-11)9-20-15(21)10-19(17(20)23)13-4-2-3-5-13/h6-8,13H,2-5,9-10H2,1H3. The summed E-state index contributed by atoms with van der Waals surface area (Å²) in [7, 11) is 1.22. The van der Waals surface area contributed by atoms with E-state index in [1.807, 2.05) is 0 Å². The third-order valence-electron chi connectivity index (χ3n) is 4.65. The maximum absolute atomic E-state index is 14.2. The Morgan fingerprint density at radius 2 is 2.00 bits per heavy atom. The number of imide groups is 1. The van der Waals surface area contributed by atoms with Gasteiger partial charge in [0.15, 0.2) is 0 Å². The van der Waals surface area contributed by atoms with Crippen LogP contribution in [0.15, 0.2) is 18.2 Å². The number of nitrogens with zero attached hydrogens (tertiary/aromatic N) is 2.